The lowest BCUT2D eigenvalue weighted by molar-refractivity contribution is 0.0824. The van der Waals surface area contributed by atoms with E-state index in [0.29, 0.717) is 0 Å². The zero-order chi connectivity index (χ0) is 19.8. The number of halogens is 1. The van der Waals surface area contributed by atoms with E-state index in [1.54, 1.807) is 0 Å². The molecule has 1 atom stereocenters. The molecule has 2 rings (SSSR count). The summed E-state index contributed by atoms with van der Waals surface area (Å²) in [5, 5.41) is 21.0. The number of aliphatic hydroxyl groups is 1. The van der Waals surface area contributed by atoms with Gasteiger partial charge < -0.3 is 20.6 Å². The highest BCUT2D eigenvalue weighted by Gasteiger charge is 2.16. The highest BCUT2D eigenvalue weighted by molar-refractivity contribution is 14.0. The molecule has 1 saturated heterocycles. The number of piperidine rings is 1. The molecule has 1 aliphatic heterocycles. The average molecular weight is 506 g/mol. The first-order chi connectivity index (χ1) is 12.9. The molecule has 0 bridgehead atoms. The maximum atomic E-state index is 9.59. The van der Waals surface area contributed by atoms with Gasteiger partial charge in [-0.2, -0.15) is 5.10 Å². The van der Waals surface area contributed by atoms with Crippen LogP contribution in [0.25, 0.3) is 0 Å². The first kappa shape index (κ1) is 25.2. The van der Waals surface area contributed by atoms with Gasteiger partial charge in [-0.1, -0.05) is 0 Å². The largest absolute Gasteiger partial charge is 0.393 e. The number of nitrogens with one attached hydrogen (secondary N) is 2. The molecule has 1 aromatic heterocycles. The Labute approximate surface area is 187 Å². The summed E-state index contributed by atoms with van der Waals surface area (Å²) < 4.78 is 1.95. The third kappa shape index (κ3) is 7.87. The van der Waals surface area contributed by atoms with Gasteiger partial charge in [-0.3, -0.25) is 9.67 Å². The maximum Gasteiger partial charge on any atom is 0.191 e. The summed E-state index contributed by atoms with van der Waals surface area (Å²) in [5.74, 6) is 0.887. The third-order valence-electron chi connectivity index (χ3n) is 5.36. The van der Waals surface area contributed by atoms with Gasteiger partial charge in [0.15, 0.2) is 5.96 Å². The van der Waals surface area contributed by atoms with Crippen molar-refractivity contribution in [2.75, 3.05) is 32.7 Å². The average Bonchev–Trinajstić information content (AvgIpc) is 2.86. The van der Waals surface area contributed by atoms with E-state index in [-0.39, 0.29) is 36.1 Å². The number of hydrogen-bond donors (Lipinski definition) is 3. The Balaban J connectivity index is 0.00000392. The van der Waals surface area contributed by atoms with Crippen molar-refractivity contribution in [2.24, 2.45) is 12.0 Å². The second kappa shape index (κ2) is 12.6. The minimum atomic E-state index is -0.0996. The van der Waals surface area contributed by atoms with Crippen LogP contribution in [0.3, 0.4) is 0 Å². The van der Waals surface area contributed by atoms with Crippen molar-refractivity contribution in [1.29, 1.82) is 0 Å². The molecule has 1 aromatic rings. The molecule has 1 fully saturated rings. The minimum Gasteiger partial charge on any atom is -0.393 e. The standard InChI is InChI=1S/C20H38N6O.HI/c1-6-21-20(22-10-7-11-26-12-8-18(27)9-13-26)23-15(2)14-19-16(3)24-25(5)17(19)4;/h15,18,27H,6-14H2,1-5H3,(H2,21,22,23);1H. The molecular weight excluding hydrogens is 467 g/mol. The molecule has 1 unspecified atom stereocenters. The van der Waals surface area contributed by atoms with Crippen molar-refractivity contribution in [3.05, 3.63) is 17.0 Å². The van der Waals surface area contributed by atoms with E-state index >= 15 is 0 Å². The first-order valence-electron chi connectivity index (χ1n) is 10.3. The van der Waals surface area contributed by atoms with Crippen molar-refractivity contribution in [3.63, 3.8) is 0 Å². The van der Waals surface area contributed by atoms with Gasteiger partial charge in [-0.15, -0.1) is 24.0 Å². The van der Waals surface area contributed by atoms with Crippen LogP contribution in [0.4, 0.5) is 0 Å². The lowest BCUT2D eigenvalue weighted by Gasteiger charge is -2.29. The summed E-state index contributed by atoms with van der Waals surface area (Å²) in [7, 11) is 2.00. The van der Waals surface area contributed by atoms with Gasteiger partial charge in [0.05, 0.1) is 11.8 Å². The summed E-state index contributed by atoms with van der Waals surface area (Å²) >= 11 is 0. The molecule has 7 nitrogen and oxygen atoms in total. The van der Waals surface area contributed by atoms with E-state index < -0.39 is 0 Å². The lowest BCUT2D eigenvalue weighted by Crippen LogP contribution is -2.43. The predicted molar refractivity (Wildman–Crippen MR) is 127 cm³/mol. The van der Waals surface area contributed by atoms with Gasteiger partial charge in [-0.05, 0) is 65.5 Å². The SMILES string of the molecule is CCNC(=NCCCN1CCC(O)CC1)NC(C)Cc1c(C)nn(C)c1C.I. The van der Waals surface area contributed by atoms with Crippen molar-refractivity contribution >= 4 is 29.9 Å². The van der Waals surface area contributed by atoms with Crippen LogP contribution in [0, 0.1) is 13.8 Å². The fourth-order valence-corrected chi connectivity index (χ4v) is 3.65. The van der Waals surface area contributed by atoms with Crippen LogP contribution in [0.2, 0.25) is 0 Å². The smallest absolute Gasteiger partial charge is 0.191 e. The second-order valence-corrected chi connectivity index (χ2v) is 7.71. The summed E-state index contributed by atoms with van der Waals surface area (Å²) in [6.07, 6.45) is 3.68. The van der Waals surface area contributed by atoms with Crippen molar-refractivity contribution in [1.82, 2.24) is 25.3 Å². The first-order valence-corrected chi connectivity index (χ1v) is 10.3. The van der Waals surface area contributed by atoms with Crippen molar-refractivity contribution in [3.8, 4) is 0 Å². The number of nitrogens with zero attached hydrogens (tertiary/aromatic N) is 4. The van der Waals surface area contributed by atoms with Crippen LogP contribution in [-0.4, -0.2) is 70.6 Å². The molecule has 0 spiro atoms. The molecule has 0 aromatic carbocycles. The zero-order valence-corrected chi connectivity index (χ0v) is 20.5. The quantitative estimate of drug-likeness (QED) is 0.218. The topological polar surface area (TPSA) is 77.7 Å². The van der Waals surface area contributed by atoms with E-state index in [0.717, 1.165) is 70.1 Å². The molecule has 2 heterocycles. The summed E-state index contributed by atoms with van der Waals surface area (Å²) in [5.41, 5.74) is 3.66. The summed E-state index contributed by atoms with van der Waals surface area (Å²) in [6, 6.07) is 0.285. The fraction of sp³-hybridized carbons (Fsp3) is 0.800. The number of aliphatic imine (C=N–C) groups is 1. The molecule has 3 N–H and O–H groups in total. The Morgan fingerprint density at radius 3 is 2.57 bits per heavy atom. The maximum absolute atomic E-state index is 9.59. The predicted octanol–water partition coefficient (Wildman–Crippen LogP) is 1.99. The van der Waals surface area contributed by atoms with E-state index in [1.165, 1.54) is 11.3 Å². The van der Waals surface area contributed by atoms with Crippen LogP contribution in [0.5, 0.6) is 0 Å². The molecule has 28 heavy (non-hydrogen) atoms. The molecular formula is C20H39IN6O. The zero-order valence-electron chi connectivity index (χ0n) is 18.2. The van der Waals surface area contributed by atoms with Crippen LogP contribution in [0.15, 0.2) is 4.99 Å². The highest BCUT2D eigenvalue weighted by atomic mass is 127. The fourth-order valence-electron chi connectivity index (χ4n) is 3.65. The van der Waals surface area contributed by atoms with E-state index in [2.05, 4.69) is 48.3 Å². The number of guanidine groups is 1. The summed E-state index contributed by atoms with van der Waals surface area (Å²) in [4.78, 5) is 7.17. The molecule has 0 saturated carbocycles. The van der Waals surface area contributed by atoms with Crippen molar-refractivity contribution in [2.45, 2.75) is 65.5 Å². The molecule has 162 valence electrons. The number of likely N-dealkylation sites (tertiary alicyclic amines) is 1. The van der Waals surface area contributed by atoms with E-state index in [9.17, 15) is 5.11 Å². The van der Waals surface area contributed by atoms with Crippen LogP contribution in [0.1, 0.15) is 50.1 Å². The number of hydrogen-bond acceptors (Lipinski definition) is 4. The number of aryl methyl sites for hydroxylation is 2. The number of aliphatic hydroxyl groups excluding tert-OH is 1. The Bertz CT molecular complexity index is 610. The third-order valence-corrected chi connectivity index (χ3v) is 5.36. The number of rotatable bonds is 8. The van der Waals surface area contributed by atoms with Crippen molar-refractivity contribution < 1.29 is 5.11 Å². The summed E-state index contributed by atoms with van der Waals surface area (Å²) in [6.45, 7) is 13.2. The molecule has 1 aliphatic rings. The lowest BCUT2D eigenvalue weighted by atomic mass is 10.1. The monoisotopic (exact) mass is 506 g/mol. The number of aromatic nitrogens is 2. The molecule has 0 aliphatic carbocycles. The molecule has 8 heteroatoms. The van der Waals surface area contributed by atoms with E-state index in [4.69, 9.17) is 4.99 Å². The Morgan fingerprint density at radius 1 is 1.32 bits per heavy atom. The minimum absolute atomic E-state index is 0. The van der Waals surface area contributed by atoms with Gasteiger partial charge in [0.1, 0.15) is 0 Å². The van der Waals surface area contributed by atoms with Crippen LogP contribution >= 0.6 is 24.0 Å². The van der Waals surface area contributed by atoms with Gasteiger partial charge in [-0.25, -0.2) is 0 Å². The van der Waals surface area contributed by atoms with Crippen LogP contribution < -0.4 is 10.6 Å². The molecule has 0 amide bonds. The van der Waals surface area contributed by atoms with E-state index in [1.807, 2.05) is 11.7 Å². The highest BCUT2D eigenvalue weighted by Crippen LogP contribution is 2.14. The van der Waals surface area contributed by atoms with Gasteiger partial charge in [0, 0.05) is 45.0 Å². The van der Waals surface area contributed by atoms with Gasteiger partial charge in [0.25, 0.3) is 0 Å². The Morgan fingerprint density at radius 2 is 2.00 bits per heavy atom. The normalized spacial score (nSPS) is 17.3. The molecule has 0 radical (unpaired) electrons. The Kier molecular flexibility index (Phi) is 11.4. The van der Waals surface area contributed by atoms with Gasteiger partial charge >= 0.3 is 0 Å². The van der Waals surface area contributed by atoms with Crippen LogP contribution in [-0.2, 0) is 13.5 Å². The van der Waals surface area contributed by atoms with Gasteiger partial charge in [0.2, 0.25) is 0 Å². The Hall–Kier alpha value is -0.870. The second-order valence-electron chi connectivity index (χ2n) is 7.71.